The van der Waals surface area contributed by atoms with Crippen molar-refractivity contribution >= 4 is 0 Å². The average molecular weight is 97.9 g/mol. The molecule has 0 aromatic heterocycles. The van der Waals surface area contributed by atoms with Crippen LogP contribution in [0.5, 0.6) is 0 Å². The third-order valence-electron chi connectivity index (χ3n) is 0. The van der Waals surface area contributed by atoms with Crippen LogP contribution in [0.1, 0.15) is 2.85 Å². The Hall–Kier alpha value is 0.594. The van der Waals surface area contributed by atoms with E-state index in [0.717, 1.165) is 0 Å². The van der Waals surface area contributed by atoms with Crippen LogP contribution in [0.3, 0.4) is 0 Å². The molecule has 24 valence electrons. The minimum atomic E-state index is 0. The first-order chi connectivity index (χ1) is 0. The van der Waals surface area contributed by atoms with E-state index in [9.17, 15) is 0 Å². The van der Waals surface area contributed by atoms with Gasteiger partial charge in [0, 0.05) is 0 Å². The van der Waals surface area contributed by atoms with Crippen LogP contribution >= 0.6 is 0 Å². The van der Waals surface area contributed by atoms with Crippen molar-refractivity contribution in [2.75, 3.05) is 0 Å². The van der Waals surface area contributed by atoms with Gasteiger partial charge in [-0.1, -0.05) is 0 Å². The molecule has 0 bridgehead atoms. The number of hydrogen-bond donors (Lipinski definition) is 0. The summed E-state index contributed by atoms with van der Waals surface area (Å²) in [7, 11) is 0. The van der Waals surface area contributed by atoms with Gasteiger partial charge < -0.3 is 16.4 Å². The van der Waals surface area contributed by atoms with E-state index in [1.807, 2.05) is 0 Å². The Kier molecular flexibility index (Phi) is 2880. The van der Waals surface area contributed by atoms with Gasteiger partial charge in [-0.2, -0.15) is 0 Å². The molecule has 0 aliphatic rings. The zero-order valence-corrected chi connectivity index (χ0v) is 3.29. The maximum atomic E-state index is 0. The molecular formula is H2O3Ti. The van der Waals surface area contributed by atoms with Crippen LogP contribution in [0.4, 0.5) is 0 Å². The Bertz CT molecular complexity index is 8.75. The fourth-order valence-corrected chi connectivity index (χ4v) is 0. The molecule has 0 radical (unpaired) electrons. The van der Waals surface area contributed by atoms with Crippen molar-refractivity contribution in [3.8, 4) is 0 Å². The molecule has 0 spiro atoms. The van der Waals surface area contributed by atoms with Crippen LogP contribution in [0.15, 0.2) is 0 Å². The Balaban J connectivity index is 0. The molecule has 0 aromatic rings. The van der Waals surface area contributed by atoms with E-state index in [1.54, 1.807) is 0 Å². The molecule has 0 aromatic carbocycles. The van der Waals surface area contributed by atoms with Crippen molar-refractivity contribution in [3.63, 3.8) is 0 Å². The molecule has 3 nitrogen and oxygen atoms in total. The minimum absolute atomic E-state index is 0. The maximum Gasteiger partial charge on any atom is 4.00 e. The molecule has 0 saturated carbocycles. The zero-order chi connectivity index (χ0) is 0. The summed E-state index contributed by atoms with van der Waals surface area (Å²) in [5, 5.41) is 0. The molecule has 0 amide bonds. The molecule has 0 unspecified atom stereocenters. The molecule has 0 aliphatic heterocycles. The summed E-state index contributed by atoms with van der Waals surface area (Å²) in [6, 6.07) is 0. The molecule has 0 rings (SSSR count). The van der Waals surface area contributed by atoms with Gasteiger partial charge in [0.25, 0.3) is 0 Å². The zero-order valence-electron chi connectivity index (χ0n) is 3.72. The number of rotatable bonds is 0. The van der Waals surface area contributed by atoms with Crippen LogP contribution < -0.4 is 0 Å². The van der Waals surface area contributed by atoms with Crippen molar-refractivity contribution < 1.29 is 41.0 Å². The van der Waals surface area contributed by atoms with Crippen molar-refractivity contribution in [2.24, 2.45) is 0 Å². The van der Waals surface area contributed by atoms with E-state index in [1.165, 1.54) is 0 Å². The normalized spacial score (nSPS) is 0. The van der Waals surface area contributed by atoms with Crippen LogP contribution in [0.25, 0.3) is 0 Å². The van der Waals surface area contributed by atoms with Crippen LogP contribution in [0.2, 0.25) is 0 Å². The average Bonchev–Trinajstić information content (AvgIpc) is 0. The van der Waals surface area contributed by atoms with Gasteiger partial charge in [-0.15, -0.1) is 0 Å². The molecule has 0 saturated heterocycles. The molecule has 0 fully saturated rings. The second-order valence-electron chi connectivity index (χ2n) is 0. The summed E-state index contributed by atoms with van der Waals surface area (Å²) >= 11 is 0. The van der Waals surface area contributed by atoms with Crippen molar-refractivity contribution in [1.29, 1.82) is 0 Å². The van der Waals surface area contributed by atoms with Gasteiger partial charge >= 0.3 is 24.6 Å². The van der Waals surface area contributed by atoms with Crippen molar-refractivity contribution in [1.82, 2.24) is 0 Å². The van der Waals surface area contributed by atoms with E-state index < -0.39 is 0 Å². The second-order valence-corrected chi connectivity index (χ2v) is 0. The minimum Gasteiger partial charge on any atom is -2.00 e. The van der Waals surface area contributed by atoms with E-state index in [0.29, 0.717) is 0 Å². The predicted octanol–water partition coefficient (Wildman–Crippen LogP) is -0.134. The molecule has 0 N–H and O–H groups in total. The van der Waals surface area contributed by atoms with Gasteiger partial charge in [-0.25, -0.2) is 0 Å². The topological polar surface area (TPSA) is 85.5 Å². The first-order valence-electron chi connectivity index (χ1n) is 0. The molecular weight excluding hydrogens is 95.9 g/mol. The second kappa shape index (κ2) is 68.5. The molecule has 0 aliphatic carbocycles. The fraction of sp³-hybridized carbons (Fsp3) is 0. The van der Waals surface area contributed by atoms with Crippen molar-refractivity contribution in [3.05, 3.63) is 0 Å². The smallest absolute Gasteiger partial charge is 2.00 e. The van der Waals surface area contributed by atoms with Gasteiger partial charge in [0.05, 0.1) is 0 Å². The maximum absolute atomic E-state index is 0. The quantitative estimate of drug-likeness (QED) is 0.377. The van der Waals surface area contributed by atoms with Gasteiger partial charge in [0.15, 0.2) is 0 Å². The molecule has 0 atom stereocenters. The Morgan fingerprint density at radius 2 is 0.750 bits per heavy atom. The first-order valence-corrected chi connectivity index (χ1v) is 0. The summed E-state index contributed by atoms with van der Waals surface area (Å²) in [5.74, 6) is 0. The Morgan fingerprint density at radius 3 is 0.750 bits per heavy atom. The Labute approximate surface area is 41.8 Å². The fourth-order valence-electron chi connectivity index (χ4n) is 0. The number of hydrogen-bond acceptors (Lipinski definition) is 0. The third kappa shape index (κ3) is 18.7. The predicted molar refractivity (Wildman–Crippen MR) is 4.28 cm³/mol. The summed E-state index contributed by atoms with van der Waals surface area (Å²) in [6.45, 7) is 0. The SMILES string of the molecule is [H+].[H+].[O-2].[O-2].[O-2].[Ti+4]. The van der Waals surface area contributed by atoms with E-state index in [-0.39, 0.29) is 41.0 Å². The van der Waals surface area contributed by atoms with E-state index in [2.05, 4.69) is 0 Å². The van der Waals surface area contributed by atoms with Crippen LogP contribution in [-0.2, 0) is 38.1 Å². The molecule has 0 heterocycles. The van der Waals surface area contributed by atoms with Gasteiger partial charge in [-0.3, -0.25) is 0 Å². The van der Waals surface area contributed by atoms with Crippen molar-refractivity contribution in [2.45, 2.75) is 0 Å². The third-order valence-corrected chi connectivity index (χ3v) is 0. The first kappa shape index (κ1) is 168. The molecule has 4 heteroatoms. The van der Waals surface area contributed by atoms with E-state index in [4.69, 9.17) is 0 Å². The van der Waals surface area contributed by atoms with Gasteiger partial charge in [-0.05, 0) is 0 Å². The van der Waals surface area contributed by atoms with Gasteiger partial charge in [0.2, 0.25) is 0 Å². The summed E-state index contributed by atoms with van der Waals surface area (Å²) in [6.07, 6.45) is 0. The van der Waals surface area contributed by atoms with Crippen LogP contribution in [0, 0.1) is 0 Å². The summed E-state index contributed by atoms with van der Waals surface area (Å²) in [4.78, 5) is 0. The van der Waals surface area contributed by atoms with Gasteiger partial charge in [0.1, 0.15) is 0 Å². The molecule has 4 heavy (non-hydrogen) atoms. The largest absolute Gasteiger partial charge is 4.00 e. The van der Waals surface area contributed by atoms with Crippen LogP contribution in [-0.4, -0.2) is 0 Å². The summed E-state index contributed by atoms with van der Waals surface area (Å²) in [5.41, 5.74) is 0. The van der Waals surface area contributed by atoms with E-state index >= 15 is 0 Å². The monoisotopic (exact) mass is 97.9 g/mol. The summed E-state index contributed by atoms with van der Waals surface area (Å²) < 4.78 is 0. The Morgan fingerprint density at radius 1 is 0.750 bits per heavy atom. The standard InChI is InChI=1S/3O.Ti/q3*-2;+4/p+2.